The summed E-state index contributed by atoms with van der Waals surface area (Å²) in [5.41, 5.74) is 2.15. The van der Waals surface area contributed by atoms with Gasteiger partial charge < -0.3 is 15.2 Å². The Balaban J connectivity index is 0.00000280. The van der Waals surface area contributed by atoms with Gasteiger partial charge in [-0.1, -0.05) is 37.2 Å². The lowest BCUT2D eigenvalue weighted by Crippen LogP contribution is -2.41. The van der Waals surface area contributed by atoms with Crippen LogP contribution in [0.25, 0.3) is 0 Å². The van der Waals surface area contributed by atoms with Gasteiger partial charge in [0.25, 0.3) is 0 Å². The molecule has 0 atom stereocenters. The minimum absolute atomic E-state index is 0. The van der Waals surface area contributed by atoms with Crippen molar-refractivity contribution >= 4 is 41.7 Å². The maximum atomic E-state index is 5.46. The molecule has 1 aromatic carbocycles. The van der Waals surface area contributed by atoms with Gasteiger partial charge in [0.1, 0.15) is 5.76 Å². The molecule has 1 aromatic heterocycles. The molecule has 154 valence electrons. The third-order valence-corrected chi connectivity index (χ3v) is 6.30. The van der Waals surface area contributed by atoms with Crippen LogP contribution in [-0.4, -0.2) is 29.0 Å². The van der Waals surface area contributed by atoms with Crippen molar-refractivity contribution < 1.29 is 4.52 Å². The SMILES string of the molecule is CCNC(=NCc1c(CC)noc1CC)NCC1(Sc2ccccc2)CC1.I. The van der Waals surface area contributed by atoms with E-state index in [1.165, 1.54) is 17.7 Å². The zero-order valence-electron chi connectivity index (χ0n) is 17.0. The molecular formula is C21H31IN4OS. The Labute approximate surface area is 189 Å². The number of hydrogen-bond acceptors (Lipinski definition) is 4. The zero-order valence-corrected chi connectivity index (χ0v) is 20.1. The van der Waals surface area contributed by atoms with Gasteiger partial charge in [0.15, 0.2) is 5.96 Å². The van der Waals surface area contributed by atoms with Gasteiger partial charge in [-0.3, -0.25) is 0 Å². The first-order chi connectivity index (χ1) is 13.2. The van der Waals surface area contributed by atoms with Crippen LogP contribution < -0.4 is 10.6 Å². The second-order valence-electron chi connectivity index (χ2n) is 6.88. The number of aryl methyl sites for hydroxylation is 2. The van der Waals surface area contributed by atoms with E-state index in [1.54, 1.807) is 0 Å². The van der Waals surface area contributed by atoms with Crippen molar-refractivity contribution in [3.05, 3.63) is 47.3 Å². The van der Waals surface area contributed by atoms with Gasteiger partial charge in [-0.25, -0.2) is 4.99 Å². The second kappa shape index (κ2) is 11.1. The van der Waals surface area contributed by atoms with Crippen molar-refractivity contribution in [1.82, 2.24) is 15.8 Å². The minimum atomic E-state index is 0. The molecule has 1 aliphatic carbocycles. The average molecular weight is 514 g/mol. The van der Waals surface area contributed by atoms with Crippen LogP contribution in [0, 0.1) is 0 Å². The third kappa shape index (κ3) is 6.14. The van der Waals surface area contributed by atoms with E-state index in [2.05, 4.69) is 66.9 Å². The first-order valence-electron chi connectivity index (χ1n) is 9.92. The molecule has 28 heavy (non-hydrogen) atoms. The Bertz CT molecular complexity index is 738. The molecular weight excluding hydrogens is 483 g/mol. The lowest BCUT2D eigenvalue weighted by atomic mass is 10.1. The molecule has 1 heterocycles. The number of aromatic nitrogens is 1. The lowest BCUT2D eigenvalue weighted by Gasteiger charge is -2.18. The van der Waals surface area contributed by atoms with E-state index in [0.717, 1.165) is 48.9 Å². The van der Waals surface area contributed by atoms with Gasteiger partial charge in [-0.15, -0.1) is 35.7 Å². The summed E-state index contributed by atoms with van der Waals surface area (Å²) in [6, 6.07) is 10.7. The van der Waals surface area contributed by atoms with Crippen LogP contribution in [0.4, 0.5) is 0 Å². The summed E-state index contributed by atoms with van der Waals surface area (Å²) in [6.07, 6.45) is 4.20. The molecule has 1 saturated carbocycles. The molecule has 5 nitrogen and oxygen atoms in total. The summed E-state index contributed by atoms with van der Waals surface area (Å²) in [4.78, 5) is 6.13. The minimum Gasteiger partial charge on any atom is -0.361 e. The topological polar surface area (TPSA) is 62.5 Å². The zero-order chi connectivity index (χ0) is 19.1. The summed E-state index contributed by atoms with van der Waals surface area (Å²) < 4.78 is 5.74. The predicted octanol–water partition coefficient (Wildman–Crippen LogP) is 4.80. The fourth-order valence-corrected chi connectivity index (χ4v) is 4.30. The van der Waals surface area contributed by atoms with Gasteiger partial charge in [0, 0.05) is 34.7 Å². The summed E-state index contributed by atoms with van der Waals surface area (Å²) >= 11 is 1.97. The largest absolute Gasteiger partial charge is 0.361 e. The normalized spacial score (nSPS) is 15.0. The number of rotatable bonds is 9. The number of aliphatic imine (C=N–C) groups is 1. The highest BCUT2D eigenvalue weighted by Crippen LogP contribution is 2.51. The molecule has 0 spiro atoms. The van der Waals surface area contributed by atoms with E-state index in [1.807, 2.05) is 11.8 Å². The van der Waals surface area contributed by atoms with Crippen LogP contribution in [-0.2, 0) is 19.4 Å². The van der Waals surface area contributed by atoms with Crippen molar-refractivity contribution in [3.8, 4) is 0 Å². The van der Waals surface area contributed by atoms with Crippen LogP contribution in [0.2, 0.25) is 0 Å². The Morgan fingerprint density at radius 2 is 1.89 bits per heavy atom. The summed E-state index contributed by atoms with van der Waals surface area (Å²) in [7, 11) is 0. The lowest BCUT2D eigenvalue weighted by molar-refractivity contribution is 0.380. The number of thioether (sulfide) groups is 1. The number of hydrogen-bond donors (Lipinski definition) is 2. The summed E-state index contributed by atoms with van der Waals surface area (Å²) in [5.74, 6) is 1.81. The number of benzene rings is 1. The second-order valence-corrected chi connectivity index (χ2v) is 8.43. The molecule has 0 amide bonds. The van der Waals surface area contributed by atoms with Gasteiger partial charge >= 0.3 is 0 Å². The molecule has 0 radical (unpaired) electrons. The maximum Gasteiger partial charge on any atom is 0.191 e. The van der Waals surface area contributed by atoms with Gasteiger partial charge in [0.2, 0.25) is 0 Å². The molecule has 1 fully saturated rings. The Kier molecular flexibility index (Phi) is 9.14. The molecule has 0 aliphatic heterocycles. The molecule has 0 unspecified atom stereocenters. The van der Waals surface area contributed by atoms with E-state index in [4.69, 9.17) is 9.52 Å². The third-order valence-electron chi connectivity index (χ3n) is 4.81. The smallest absolute Gasteiger partial charge is 0.191 e. The first-order valence-corrected chi connectivity index (χ1v) is 10.7. The predicted molar refractivity (Wildman–Crippen MR) is 128 cm³/mol. The van der Waals surface area contributed by atoms with E-state index in [0.29, 0.717) is 6.54 Å². The highest BCUT2D eigenvalue weighted by molar-refractivity contribution is 14.0. The Morgan fingerprint density at radius 3 is 2.50 bits per heavy atom. The van der Waals surface area contributed by atoms with E-state index in [-0.39, 0.29) is 28.7 Å². The monoisotopic (exact) mass is 514 g/mol. The highest BCUT2D eigenvalue weighted by Gasteiger charge is 2.43. The Morgan fingerprint density at radius 1 is 1.14 bits per heavy atom. The van der Waals surface area contributed by atoms with Crippen molar-refractivity contribution in [2.24, 2.45) is 4.99 Å². The molecule has 2 N–H and O–H groups in total. The van der Waals surface area contributed by atoms with Gasteiger partial charge in [-0.05, 0) is 38.3 Å². The fraction of sp³-hybridized carbons (Fsp3) is 0.524. The van der Waals surface area contributed by atoms with Crippen molar-refractivity contribution in [1.29, 1.82) is 0 Å². The molecule has 0 saturated heterocycles. The van der Waals surface area contributed by atoms with Crippen LogP contribution in [0.1, 0.15) is 50.6 Å². The van der Waals surface area contributed by atoms with Crippen LogP contribution >= 0.6 is 35.7 Å². The number of nitrogens with one attached hydrogen (secondary N) is 2. The molecule has 0 bridgehead atoms. The molecule has 3 rings (SSSR count). The number of nitrogens with zero attached hydrogens (tertiary/aromatic N) is 2. The first kappa shape index (κ1) is 23.1. The standard InChI is InChI=1S/C21H30N4OS.HI/c1-4-18-17(19(5-2)26-25-18)14-23-20(22-6-3)24-15-21(12-13-21)27-16-10-8-7-9-11-16;/h7-11H,4-6,12-15H2,1-3H3,(H2,22,23,24);1H. The van der Waals surface area contributed by atoms with Crippen molar-refractivity contribution in [3.63, 3.8) is 0 Å². The van der Waals surface area contributed by atoms with E-state index >= 15 is 0 Å². The molecule has 2 aromatic rings. The fourth-order valence-electron chi connectivity index (χ4n) is 3.05. The van der Waals surface area contributed by atoms with Crippen LogP contribution in [0.15, 0.2) is 44.7 Å². The molecule has 7 heteroatoms. The van der Waals surface area contributed by atoms with Gasteiger partial charge in [-0.2, -0.15) is 0 Å². The van der Waals surface area contributed by atoms with Crippen LogP contribution in [0.3, 0.4) is 0 Å². The van der Waals surface area contributed by atoms with Gasteiger partial charge in [0.05, 0.1) is 12.2 Å². The van der Waals surface area contributed by atoms with Crippen molar-refractivity contribution in [2.75, 3.05) is 13.1 Å². The van der Waals surface area contributed by atoms with Crippen LogP contribution in [0.5, 0.6) is 0 Å². The van der Waals surface area contributed by atoms with E-state index in [9.17, 15) is 0 Å². The highest BCUT2D eigenvalue weighted by atomic mass is 127. The maximum absolute atomic E-state index is 5.46. The summed E-state index contributed by atoms with van der Waals surface area (Å²) in [6.45, 7) is 8.65. The number of guanidine groups is 1. The summed E-state index contributed by atoms with van der Waals surface area (Å²) in [5, 5.41) is 11.1. The quantitative estimate of drug-likeness (QED) is 0.286. The average Bonchev–Trinajstić information content (AvgIpc) is 3.34. The Hall–Kier alpha value is -1.22. The number of halogens is 1. The van der Waals surface area contributed by atoms with Crippen molar-refractivity contribution in [2.45, 2.75) is 62.6 Å². The van der Waals surface area contributed by atoms with E-state index < -0.39 is 0 Å². The molecule has 1 aliphatic rings.